The second-order valence-corrected chi connectivity index (χ2v) is 7.05. The second-order valence-electron chi connectivity index (χ2n) is 7.05. The summed E-state index contributed by atoms with van der Waals surface area (Å²) < 4.78 is 1.98. The molecule has 0 aliphatic heterocycles. The molecule has 1 heterocycles. The first-order chi connectivity index (χ1) is 9.36. The van der Waals surface area contributed by atoms with Gasteiger partial charge in [0.2, 0.25) is 0 Å². The maximum absolute atomic E-state index is 4.36. The van der Waals surface area contributed by atoms with Crippen LogP contribution in [0.15, 0.2) is 24.4 Å². The summed E-state index contributed by atoms with van der Waals surface area (Å²) in [4.78, 5) is 0. The molecule has 1 aromatic carbocycles. The van der Waals surface area contributed by atoms with Crippen LogP contribution in [0, 0.1) is 11.3 Å². The maximum atomic E-state index is 4.36. The highest BCUT2D eigenvalue weighted by Crippen LogP contribution is 2.44. The molecule has 0 aliphatic rings. The van der Waals surface area contributed by atoms with E-state index in [9.17, 15) is 0 Å². The molecule has 2 aromatic rings. The lowest BCUT2D eigenvalue weighted by molar-refractivity contribution is 0.211. The van der Waals surface area contributed by atoms with Crippen LogP contribution in [0.1, 0.15) is 58.9 Å². The summed E-state index contributed by atoms with van der Waals surface area (Å²) in [5.74, 6) is 1.23. The molecule has 0 fully saturated rings. The first kappa shape index (κ1) is 15.1. The molecule has 20 heavy (non-hydrogen) atoms. The van der Waals surface area contributed by atoms with Crippen LogP contribution in [0.25, 0.3) is 10.9 Å². The van der Waals surface area contributed by atoms with Gasteiger partial charge in [0.15, 0.2) is 0 Å². The fourth-order valence-electron chi connectivity index (χ4n) is 3.89. The molecule has 0 radical (unpaired) electrons. The standard InChI is InChI=1S/C18H28N2/c1-7-10-18(4,5)17(13(2)3)14-8-9-15-12-19-20(6)16(15)11-14/h8-9,11-13,17H,7,10H2,1-6H3. The number of fused-ring (bicyclic) bond motifs is 1. The zero-order chi connectivity index (χ0) is 14.9. The predicted molar refractivity (Wildman–Crippen MR) is 87.0 cm³/mol. The van der Waals surface area contributed by atoms with Crippen molar-refractivity contribution in [1.29, 1.82) is 0 Å². The molecule has 0 spiro atoms. The number of nitrogens with zero attached hydrogens (tertiary/aromatic N) is 2. The minimum absolute atomic E-state index is 0.329. The van der Waals surface area contributed by atoms with Crippen molar-refractivity contribution < 1.29 is 0 Å². The minimum Gasteiger partial charge on any atom is -0.268 e. The first-order valence-corrected chi connectivity index (χ1v) is 7.78. The van der Waals surface area contributed by atoms with Crippen LogP contribution in [0.5, 0.6) is 0 Å². The minimum atomic E-state index is 0.329. The van der Waals surface area contributed by atoms with Crippen LogP contribution in [0.4, 0.5) is 0 Å². The molecule has 1 atom stereocenters. The van der Waals surface area contributed by atoms with Crippen molar-refractivity contribution >= 4 is 10.9 Å². The van der Waals surface area contributed by atoms with E-state index in [0.29, 0.717) is 17.3 Å². The summed E-state index contributed by atoms with van der Waals surface area (Å²) in [5.41, 5.74) is 3.02. The lowest BCUT2D eigenvalue weighted by atomic mass is 9.67. The number of rotatable bonds is 5. The van der Waals surface area contributed by atoms with E-state index in [1.54, 1.807) is 0 Å². The van der Waals surface area contributed by atoms with Gasteiger partial charge in [-0.3, -0.25) is 4.68 Å². The zero-order valence-corrected chi connectivity index (χ0v) is 13.8. The summed E-state index contributed by atoms with van der Waals surface area (Å²) in [5, 5.41) is 5.58. The molecule has 2 nitrogen and oxygen atoms in total. The quantitative estimate of drug-likeness (QED) is 0.737. The fraction of sp³-hybridized carbons (Fsp3) is 0.611. The van der Waals surface area contributed by atoms with Gasteiger partial charge in [-0.1, -0.05) is 53.2 Å². The fourth-order valence-corrected chi connectivity index (χ4v) is 3.89. The van der Waals surface area contributed by atoms with Crippen LogP contribution in [0.3, 0.4) is 0 Å². The van der Waals surface area contributed by atoms with E-state index < -0.39 is 0 Å². The van der Waals surface area contributed by atoms with E-state index in [0.717, 1.165) is 0 Å². The molecule has 0 amide bonds. The van der Waals surface area contributed by atoms with E-state index in [-0.39, 0.29) is 0 Å². The van der Waals surface area contributed by atoms with E-state index in [4.69, 9.17) is 0 Å². The van der Waals surface area contributed by atoms with Crippen molar-refractivity contribution in [1.82, 2.24) is 9.78 Å². The summed E-state index contributed by atoms with van der Waals surface area (Å²) in [6, 6.07) is 6.85. The van der Waals surface area contributed by atoms with Gasteiger partial charge in [-0.05, 0) is 35.3 Å². The molecule has 0 saturated heterocycles. The van der Waals surface area contributed by atoms with Crippen LogP contribution in [-0.2, 0) is 7.05 Å². The van der Waals surface area contributed by atoms with Gasteiger partial charge in [0.05, 0.1) is 11.7 Å². The average Bonchev–Trinajstić information content (AvgIpc) is 2.70. The third kappa shape index (κ3) is 2.74. The number of aromatic nitrogens is 2. The third-order valence-electron chi connectivity index (χ3n) is 4.54. The van der Waals surface area contributed by atoms with Crippen molar-refractivity contribution in [2.24, 2.45) is 18.4 Å². The van der Waals surface area contributed by atoms with Crippen molar-refractivity contribution in [2.75, 3.05) is 0 Å². The Bertz CT molecular complexity index is 578. The Balaban J connectivity index is 2.48. The van der Waals surface area contributed by atoms with Crippen molar-refractivity contribution in [3.63, 3.8) is 0 Å². The number of benzene rings is 1. The van der Waals surface area contributed by atoms with E-state index in [2.05, 4.69) is 57.9 Å². The van der Waals surface area contributed by atoms with Gasteiger partial charge in [-0.2, -0.15) is 5.10 Å². The molecule has 0 bridgehead atoms. The summed E-state index contributed by atoms with van der Waals surface area (Å²) in [6.45, 7) is 11.8. The molecule has 0 N–H and O–H groups in total. The molecule has 0 aliphatic carbocycles. The summed E-state index contributed by atoms with van der Waals surface area (Å²) in [6.07, 6.45) is 4.45. The Hall–Kier alpha value is -1.31. The highest BCUT2D eigenvalue weighted by atomic mass is 15.2. The van der Waals surface area contributed by atoms with Crippen LogP contribution in [0.2, 0.25) is 0 Å². The lowest BCUT2D eigenvalue weighted by Gasteiger charge is -2.37. The topological polar surface area (TPSA) is 17.8 Å². The highest BCUT2D eigenvalue weighted by Gasteiger charge is 2.32. The van der Waals surface area contributed by atoms with Crippen LogP contribution < -0.4 is 0 Å². The van der Waals surface area contributed by atoms with Gasteiger partial charge in [0.25, 0.3) is 0 Å². The summed E-state index contributed by atoms with van der Waals surface area (Å²) in [7, 11) is 2.02. The third-order valence-corrected chi connectivity index (χ3v) is 4.54. The molecular formula is C18H28N2. The summed E-state index contributed by atoms with van der Waals surface area (Å²) >= 11 is 0. The van der Waals surface area contributed by atoms with E-state index >= 15 is 0 Å². The van der Waals surface area contributed by atoms with Gasteiger partial charge in [-0.15, -0.1) is 0 Å². The van der Waals surface area contributed by atoms with Crippen molar-refractivity contribution in [3.8, 4) is 0 Å². The highest BCUT2D eigenvalue weighted by molar-refractivity contribution is 5.79. The second kappa shape index (κ2) is 5.59. The van der Waals surface area contributed by atoms with E-state index in [1.807, 2.05) is 17.9 Å². The Labute approximate surface area is 123 Å². The zero-order valence-electron chi connectivity index (χ0n) is 13.8. The number of hydrogen-bond donors (Lipinski definition) is 0. The SMILES string of the molecule is CCCC(C)(C)C(c1ccc2cnn(C)c2c1)C(C)C. The molecule has 110 valence electrons. The maximum Gasteiger partial charge on any atom is 0.0681 e. The Morgan fingerprint density at radius 1 is 1.25 bits per heavy atom. The van der Waals surface area contributed by atoms with Gasteiger partial charge in [0, 0.05) is 12.4 Å². The molecule has 1 aromatic heterocycles. The van der Waals surface area contributed by atoms with Crippen LogP contribution >= 0.6 is 0 Å². The molecule has 0 saturated carbocycles. The molecule has 2 heteroatoms. The van der Waals surface area contributed by atoms with Gasteiger partial charge in [-0.25, -0.2) is 0 Å². The average molecular weight is 272 g/mol. The van der Waals surface area contributed by atoms with Gasteiger partial charge >= 0.3 is 0 Å². The molecule has 2 rings (SSSR count). The van der Waals surface area contributed by atoms with Crippen LogP contribution in [-0.4, -0.2) is 9.78 Å². The smallest absolute Gasteiger partial charge is 0.0681 e. The van der Waals surface area contributed by atoms with E-state index in [1.165, 1.54) is 29.3 Å². The molecular weight excluding hydrogens is 244 g/mol. The monoisotopic (exact) mass is 272 g/mol. The molecule has 1 unspecified atom stereocenters. The normalized spacial score (nSPS) is 14.2. The number of hydrogen-bond acceptors (Lipinski definition) is 1. The van der Waals surface area contributed by atoms with Gasteiger partial charge in [0.1, 0.15) is 0 Å². The number of aryl methyl sites for hydroxylation is 1. The Morgan fingerprint density at radius 3 is 2.55 bits per heavy atom. The predicted octanol–water partition coefficient (Wildman–Crippen LogP) is 5.14. The van der Waals surface area contributed by atoms with Gasteiger partial charge < -0.3 is 0 Å². The largest absolute Gasteiger partial charge is 0.268 e. The van der Waals surface area contributed by atoms with Crippen molar-refractivity contribution in [3.05, 3.63) is 30.0 Å². The Morgan fingerprint density at radius 2 is 1.95 bits per heavy atom. The lowest BCUT2D eigenvalue weighted by Crippen LogP contribution is -2.26. The Kier molecular flexibility index (Phi) is 4.22. The van der Waals surface area contributed by atoms with Crippen molar-refractivity contribution in [2.45, 2.75) is 53.4 Å². The first-order valence-electron chi connectivity index (χ1n) is 7.78.